The van der Waals surface area contributed by atoms with E-state index in [1.165, 1.54) is 0 Å². The molecule has 0 aliphatic carbocycles. The van der Waals surface area contributed by atoms with E-state index in [1.807, 2.05) is 6.07 Å². The highest BCUT2D eigenvalue weighted by molar-refractivity contribution is 5.97. The van der Waals surface area contributed by atoms with Crippen LogP contribution in [0.5, 0.6) is 0 Å². The Morgan fingerprint density at radius 3 is 2.55 bits per heavy atom. The average molecular weight is 276 g/mol. The summed E-state index contributed by atoms with van der Waals surface area (Å²) in [6.45, 7) is 5.23. The number of carbonyl (C=O) groups excluding carboxylic acids is 2. The Morgan fingerprint density at radius 2 is 1.90 bits per heavy atom. The molecule has 6 heteroatoms. The predicted molar refractivity (Wildman–Crippen MR) is 78.8 cm³/mol. The van der Waals surface area contributed by atoms with Gasteiger partial charge in [-0.3, -0.25) is 9.59 Å². The third-order valence-electron chi connectivity index (χ3n) is 3.11. The van der Waals surface area contributed by atoms with Gasteiger partial charge < -0.3 is 21.7 Å². The van der Waals surface area contributed by atoms with Crippen molar-refractivity contribution in [1.82, 2.24) is 5.32 Å². The first-order chi connectivity index (χ1) is 9.37. The molecule has 5 N–H and O–H groups in total. The van der Waals surface area contributed by atoms with E-state index in [2.05, 4.69) is 16.0 Å². The Hall–Kier alpha value is -2.24. The maximum Gasteiger partial charge on any atom is 0.251 e. The summed E-state index contributed by atoms with van der Waals surface area (Å²) in [6.07, 6.45) is 0.101. The number of amides is 2. The minimum atomic E-state index is -0.662. The maximum atomic E-state index is 12.2. The number of anilines is 2. The molecule has 20 heavy (non-hydrogen) atoms. The summed E-state index contributed by atoms with van der Waals surface area (Å²) in [5, 5.41) is 9.31. The van der Waals surface area contributed by atoms with Crippen LogP contribution in [0.3, 0.4) is 0 Å². The molecule has 1 aromatic carbocycles. The van der Waals surface area contributed by atoms with Gasteiger partial charge in [0.25, 0.3) is 5.91 Å². The quantitative estimate of drug-likeness (QED) is 0.657. The van der Waals surface area contributed by atoms with Gasteiger partial charge in [0.1, 0.15) is 0 Å². The van der Waals surface area contributed by atoms with E-state index >= 15 is 0 Å². The standard InChI is InChI=1S/C14H20N4O2/c1-14(2,8-12(15)19)18-13(20)9-3-4-10-11(7-9)17-6-5-16-10/h3-4,7,16-17H,5-6,8H2,1-2H3,(H2,15,19)(H,18,20). The van der Waals surface area contributed by atoms with Gasteiger partial charge in [0, 0.05) is 30.6 Å². The van der Waals surface area contributed by atoms with E-state index in [9.17, 15) is 9.59 Å². The van der Waals surface area contributed by atoms with E-state index in [0.29, 0.717) is 5.56 Å². The monoisotopic (exact) mass is 276 g/mol. The fourth-order valence-electron chi connectivity index (χ4n) is 2.24. The van der Waals surface area contributed by atoms with E-state index in [0.717, 1.165) is 24.5 Å². The van der Waals surface area contributed by atoms with Crippen LogP contribution in [0.2, 0.25) is 0 Å². The number of benzene rings is 1. The second-order valence-electron chi connectivity index (χ2n) is 5.60. The normalized spacial score (nSPS) is 13.7. The first kappa shape index (κ1) is 14.2. The van der Waals surface area contributed by atoms with Gasteiger partial charge in [0.05, 0.1) is 11.4 Å². The van der Waals surface area contributed by atoms with Crippen LogP contribution in [-0.2, 0) is 4.79 Å². The van der Waals surface area contributed by atoms with Crippen molar-refractivity contribution in [2.24, 2.45) is 5.73 Å². The molecule has 0 fully saturated rings. The van der Waals surface area contributed by atoms with E-state index in [1.54, 1.807) is 26.0 Å². The molecule has 0 spiro atoms. The molecular weight excluding hydrogens is 256 g/mol. The molecule has 2 rings (SSSR count). The zero-order valence-electron chi connectivity index (χ0n) is 11.7. The second kappa shape index (κ2) is 5.40. The molecular formula is C14H20N4O2. The van der Waals surface area contributed by atoms with Crippen LogP contribution in [0.4, 0.5) is 11.4 Å². The van der Waals surface area contributed by atoms with Crippen molar-refractivity contribution in [2.75, 3.05) is 23.7 Å². The third-order valence-corrected chi connectivity index (χ3v) is 3.11. The molecule has 1 aliphatic rings. The van der Waals surface area contributed by atoms with E-state index in [4.69, 9.17) is 5.73 Å². The summed E-state index contributed by atoms with van der Waals surface area (Å²) in [5.41, 5.74) is 6.97. The number of nitrogens with two attached hydrogens (primary N) is 1. The number of hydrogen-bond donors (Lipinski definition) is 4. The summed E-state index contributed by atoms with van der Waals surface area (Å²) >= 11 is 0. The van der Waals surface area contributed by atoms with Crippen molar-refractivity contribution in [3.63, 3.8) is 0 Å². The Labute approximate surface area is 118 Å². The molecule has 2 amide bonds. The zero-order valence-corrected chi connectivity index (χ0v) is 11.7. The first-order valence-electron chi connectivity index (χ1n) is 6.60. The maximum absolute atomic E-state index is 12.2. The lowest BCUT2D eigenvalue weighted by atomic mass is 9.99. The molecule has 108 valence electrons. The summed E-state index contributed by atoms with van der Waals surface area (Å²) in [4.78, 5) is 23.2. The van der Waals surface area contributed by atoms with Crippen molar-refractivity contribution in [3.8, 4) is 0 Å². The molecule has 0 saturated heterocycles. The van der Waals surface area contributed by atoms with Crippen LogP contribution in [0.15, 0.2) is 18.2 Å². The number of rotatable bonds is 4. The van der Waals surface area contributed by atoms with Gasteiger partial charge in [0.15, 0.2) is 0 Å². The number of nitrogens with one attached hydrogen (secondary N) is 3. The van der Waals surface area contributed by atoms with Gasteiger partial charge in [-0.15, -0.1) is 0 Å². The van der Waals surface area contributed by atoms with E-state index < -0.39 is 11.4 Å². The van der Waals surface area contributed by atoms with Crippen LogP contribution in [0.1, 0.15) is 30.6 Å². The van der Waals surface area contributed by atoms with Gasteiger partial charge >= 0.3 is 0 Å². The van der Waals surface area contributed by atoms with Crippen LogP contribution in [0.25, 0.3) is 0 Å². The predicted octanol–water partition coefficient (Wildman–Crippen LogP) is 0.908. The fraction of sp³-hybridized carbons (Fsp3) is 0.429. The molecule has 0 atom stereocenters. The third kappa shape index (κ3) is 3.40. The lowest BCUT2D eigenvalue weighted by molar-refractivity contribution is -0.119. The molecule has 0 saturated carbocycles. The molecule has 0 bridgehead atoms. The average Bonchev–Trinajstić information content (AvgIpc) is 2.36. The number of primary amides is 1. The second-order valence-corrected chi connectivity index (χ2v) is 5.60. The lowest BCUT2D eigenvalue weighted by Gasteiger charge is -2.25. The van der Waals surface area contributed by atoms with Crippen LogP contribution in [0, 0.1) is 0 Å². The smallest absolute Gasteiger partial charge is 0.251 e. The number of hydrogen-bond acceptors (Lipinski definition) is 4. The van der Waals surface area contributed by atoms with Gasteiger partial charge in [-0.05, 0) is 32.0 Å². The molecule has 6 nitrogen and oxygen atoms in total. The molecule has 1 aliphatic heterocycles. The minimum Gasteiger partial charge on any atom is -0.382 e. The Kier molecular flexibility index (Phi) is 3.83. The highest BCUT2D eigenvalue weighted by atomic mass is 16.2. The highest BCUT2D eigenvalue weighted by Crippen LogP contribution is 2.25. The highest BCUT2D eigenvalue weighted by Gasteiger charge is 2.24. The van der Waals surface area contributed by atoms with Gasteiger partial charge in [-0.1, -0.05) is 0 Å². The zero-order chi connectivity index (χ0) is 14.8. The minimum absolute atomic E-state index is 0.101. The van der Waals surface area contributed by atoms with Gasteiger partial charge in [-0.2, -0.15) is 0 Å². The Balaban J connectivity index is 2.11. The van der Waals surface area contributed by atoms with Gasteiger partial charge in [-0.25, -0.2) is 0 Å². The van der Waals surface area contributed by atoms with Crippen molar-refractivity contribution < 1.29 is 9.59 Å². The van der Waals surface area contributed by atoms with Crippen LogP contribution >= 0.6 is 0 Å². The number of carbonyl (C=O) groups is 2. The lowest BCUT2D eigenvalue weighted by Crippen LogP contribution is -2.46. The molecule has 1 aromatic rings. The molecule has 0 aromatic heterocycles. The summed E-state index contributed by atoms with van der Waals surface area (Å²) in [5.74, 6) is -0.655. The van der Waals surface area contributed by atoms with Crippen molar-refractivity contribution in [1.29, 1.82) is 0 Å². The van der Waals surface area contributed by atoms with Crippen LogP contribution in [-0.4, -0.2) is 30.4 Å². The van der Waals surface area contributed by atoms with Crippen LogP contribution < -0.4 is 21.7 Å². The van der Waals surface area contributed by atoms with Crippen molar-refractivity contribution in [2.45, 2.75) is 25.8 Å². The first-order valence-corrected chi connectivity index (χ1v) is 6.60. The summed E-state index contributed by atoms with van der Waals surface area (Å²) in [7, 11) is 0. The molecule has 0 unspecified atom stereocenters. The Morgan fingerprint density at radius 1 is 1.25 bits per heavy atom. The fourth-order valence-corrected chi connectivity index (χ4v) is 2.24. The Bertz CT molecular complexity index is 540. The van der Waals surface area contributed by atoms with E-state index in [-0.39, 0.29) is 12.3 Å². The SMILES string of the molecule is CC(C)(CC(N)=O)NC(=O)c1ccc2c(c1)NCCN2. The molecule has 1 heterocycles. The number of fused-ring (bicyclic) bond motifs is 1. The van der Waals surface area contributed by atoms with Crippen molar-refractivity contribution in [3.05, 3.63) is 23.8 Å². The summed E-state index contributed by atoms with van der Waals surface area (Å²) < 4.78 is 0. The largest absolute Gasteiger partial charge is 0.382 e. The van der Waals surface area contributed by atoms with Gasteiger partial charge in [0.2, 0.25) is 5.91 Å². The molecule has 0 radical (unpaired) electrons. The topological polar surface area (TPSA) is 96.2 Å². The summed E-state index contributed by atoms with van der Waals surface area (Å²) in [6, 6.07) is 5.43. The van der Waals surface area contributed by atoms with Crippen molar-refractivity contribution >= 4 is 23.2 Å².